The van der Waals surface area contributed by atoms with E-state index in [0.29, 0.717) is 25.1 Å². The molecule has 2 aromatic rings. The highest BCUT2D eigenvalue weighted by molar-refractivity contribution is 9.10. The van der Waals surface area contributed by atoms with Gasteiger partial charge in [-0.25, -0.2) is 4.79 Å². The Kier molecular flexibility index (Phi) is 8.13. The summed E-state index contributed by atoms with van der Waals surface area (Å²) in [6.45, 7) is 2.64. The van der Waals surface area contributed by atoms with E-state index in [1.54, 1.807) is 19.2 Å². The molecule has 6 nitrogen and oxygen atoms in total. The van der Waals surface area contributed by atoms with Crippen LogP contribution in [0.2, 0.25) is 0 Å². The molecule has 7 heteroatoms. The van der Waals surface area contributed by atoms with E-state index in [1.807, 2.05) is 43.3 Å². The van der Waals surface area contributed by atoms with E-state index in [4.69, 9.17) is 4.74 Å². The lowest BCUT2D eigenvalue weighted by Gasteiger charge is -2.15. The predicted octanol–water partition coefficient (Wildman–Crippen LogP) is 3.12. The summed E-state index contributed by atoms with van der Waals surface area (Å²) in [6, 6.07) is 14.6. The molecule has 2 rings (SSSR count). The van der Waals surface area contributed by atoms with Crippen LogP contribution in [0.15, 0.2) is 53.0 Å². The normalized spacial score (nSPS) is 11.4. The molecule has 0 radical (unpaired) electrons. The molecule has 144 valence electrons. The molecule has 0 bridgehead atoms. The summed E-state index contributed by atoms with van der Waals surface area (Å²) >= 11 is 3.33. The minimum atomic E-state index is -0.261. The van der Waals surface area contributed by atoms with Gasteiger partial charge in [-0.15, -0.1) is 0 Å². The Morgan fingerprint density at radius 1 is 1.07 bits per heavy atom. The van der Waals surface area contributed by atoms with Gasteiger partial charge in [0.2, 0.25) is 0 Å². The Balaban J connectivity index is 1.66. The molecule has 2 aromatic carbocycles. The summed E-state index contributed by atoms with van der Waals surface area (Å²) < 4.78 is 6.12. The Hall–Kier alpha value is -2.54. The van der Waals surface area contributed by atoms with Crippen LogP contribution in [0.3, 0.4) is 0 Å². The fourth-order valence-corrected chi connectivity index (χ4v) is 2.80. The van der Waals surface area contributed by atoms with E-state index in [2.05, 4.69) is 31.9 Å². The van der Waals surface area contributed by atoms with E-state index >= 15 is 0 Å². The highest BCUT2D eigenvalue weighted by atomic mass is 79.9. The number of carbonyl (C=O) groups excluding carboxylic acids is 2. The average molecular weight is 434 g/mol. The van der Waals surface area contributed by atoms with Gasteiger partial charge in [-0.3, -0.25) is 4.79 Å². The molecule has 0 heterocycles. The van der Waals surface area contributed by atoms with E-state index < -0.39 is 0 Å². The van der Waals surface area contributed by atoms with E-state index in [9.17, 15) is 9.59 Å². The maximum Gasteiger partial charge on any atom is 0.315 e. The molecule has 0 saturated heterocycles. The number of ether oxygens (including phenoxy) is 1. The van der Waals surface area contributed by atoms with Crippen LogP contribution in [-0.4, -0.2) is 38.2 Å². The van der Waals surface area contributed by atoms with Crippen molar-refractivity contribution in [2.45, 2.75) is 19.4 Å². The first kappa shape index (κ1) is 20.8. The Morgan fingerprint density at radius 3 is 2.48 bits per heavy atom. The summed E-state index contributed by atoms with van der Waals surface area (Å²) in [5.74, 6) is 0.627. The second kappa shape index (κ2) is 10.6. The van der Waals surface area contributed by atoms with Gasteiger partial charge in [-0.1, -0.05) is 28.1 Å². The highest BCUT2D eigenvalue weighted by Crippen LogP contribution is 2.14. The van der Waals surface area contributed by atoms with Gasteiger partial charge in [0.15, 0.2) is 0 Å². The van der Waals surface area contributed by atoms with Crippen molar-refractivity contribution in [1.29, 1.82) is 0 Å². The number of halogens is 1. The molecule has 3 amide bonds. The number of urea groups is 1. The smallest absolute Gasteiger partial charge is 0.315 e. The first-order chi connectivity index (χ1) is 13.0. The van der Waals surface area contributed by atoms with Crippen molar-refractivity contribution in [2.24, 2.45) is 0 Å². The molecule has 0 saturated carbocycles. The molecular formula is C20H24BrN3O3. The van der Waals surface area contributed by atoms with Crippen LogP contribution < -0.4 is 20.7 Å². The number of carbonyl (C=O) groups is 2. The van der Waals surface area contributed by atoms with Crippen LogP contribution in [0.1, 0.15) is 22.8 Å². The Morgan fingerprint density at radius 2 is 1.78 bits per heavy atom. The van der Waals surface area contributed by atoms with Crippen LogP contribution in [0.25, 0.3) is 0 Å². The van der Waals surface area contributed by atoms with Gasteiger partial charge in [0.1, 0.15) is 5.75 Å². The summed E-state index contributed by atoms with van der Waals surface area (Å²) in [6.07, 6.45) is 0.699. The van der Waals surface area contributed by atoms with Crippen LogP contribution in [0.5, 0.6) is 5.75 Å². The molecular weight excluding hydrogens is 410 g/mol. The lowest BCUT2D eigenvalue weighted by Crippen LogP contribution is -2.44. The third-order valence-electron chi connectivity index (χ3n) is 3.86. The van der Waals surface area contributed by atoms with Gasteiger partial charge in [-0.2, -0.15) is 0 Å². The quantitative estimate of drug-likeness (QED) is 0.559. The van der Waals surface area contributed by atoms with E-state index in [-0.39, 0.29) is 18.0 Å². The molecule has 0 aromatic heterocycles. The standard InChI is InChI=1S/C20H24BrN3O3/c1-14(12-15-4-3-5-18(13-15)27-2)24-20(26)23-11-10-22-19(25)16-6-8-17(21)9-7-16/h3-9,13-14H,10-12H2,1-2H3,(H,22,25)(H2,23,24,26). The monoisotopic (exact) mass is 433 g/mol. The predicted molar refractivity (Wildman–Crippen MR) is 109 cm³/mol. The molecule has 27 heavy (non-hydrogen) atoms. The van der Waals surface area contributed by atoms with E-state index in [0.717, 1.165) is 15.8 Å². The van der Waals surface area contributed by atoms with Crippen LogP contribution >= 0.6 is 15.9 Å². The van der Waals surface area contributed by atoms with E-state index in [1.165, 1.54) is 0 Å². The number of benzene rings is 2. The molecule has 0 aliphatic heterocycles. The number of hydrogen-bond acceptors (Lipinski definition) is 3. The SMILES string of the molecule is COc1cccc(CC(C)NC(=O)NCCNC(=O)c2ccc(Br)cc2)c1. The third kappa shape index (κ3) is 7.30. The van der Waals surface area contributed by atoms with Crippen LogP contribution in [-0.2, 0) is 6.42 Å². The van der Waals surface area contributed by atoms with Gasteiger partial charge >= 0.3 is 6.03 Å². The summed E-state index contributed by atoms with van der Waals surface area (Å²) in [7, 11) is 1.63. The maximum atomic E-state index is 12.0. The van der Waals surface area contributed by atoms with Crippen LogP contribution in [0, 0.1) is 0 Å². The van der Waals surface area contributed by atoms with Gasteiger partial charge in [-0.05, 0) is 55.3 Å². The first-order valence-corrected chi connectivity index (χ1v) is 9.48. The number of amides is 3. The number of nitrogens with one attached hydrogen (secondary N) is 3. The topological polar surface area (TPSA) is 79.5 Å². The number of hydrogen-bond donors (Lipinski definition) is 3. The third-order valence-corrected chi connectivity index (χ3v) is 4.38. The van der Waals surface area contributed by atoms with Crippen LogP contribution in [0.4, 0.5) is 4.79 Å². The number of methoxy groups -OCH3 is 1. The highest BCUT2D eigenvalue weighted by Gasteiger charge is 2.09. The zero-order chi connectivity index (χ0) is 19.6. The Labute approximate surface area is 167 Å². The molecule has 1 unspecified atom stereocenters. The lowest BCUT2D eigenvalue weighted by molar-refractivity contribution is 0.0953. The lowest BCUT2D eigenvalue weighted by atomic mass is 10.1. The fourth-order valence-electron chi connectivity index (χ4n) is 2.53. The minimum absolute atomic E-state index is 0.0329. The summed E-state index contributed by atoms with van der Waals surface area (Å²) in [5.41, 5.74) is 1.67. The van der Waals surface area contributed by atoms with Crippen molar-refractivity contribution in [3.63, 3.8) is 0 Å². The molecule has 0 aliphatic rings. The van der Waals surface area contributed by atoms with Gasteiger partial charge < -0.3 is 20.7 Å². The van der Waals surface area contributed by atoms with Crippen molar-refractivity contribution in [3.05, 3.63) is 64.1 Å². The maximum absolute atomic E-state index is 12.0. The molecule has 0 spiro atoms. The number of rotatable bonds is 8. The minimum Gasteiger partial charge on any atom is -0.497 e. The largest absolute Gasteiger partial charge is 0.497 e. The summed E-state index contributed by atoms with van der Waals surface area (Å²) in [5, 5.41) is 8.39. The molecule has 1 atom stereocenters. The zero-order valence-corrected chi connectivity index (χ0v) is 17.0. The van der Waals surface area contributed by atoms with Crippen molar-refractivity contribution in [3.8, 4) is 5.75 Å². The second-order valence-electron chi connectivity index (χ2n) is 6.12. The van der Waals surface area contributed by atoms with Gasteiger partial charge in [0.05, 0.1) is 7.11 Å². The molecule has 0 fully saturated rings. The van der Waals surface area contributed by atoms with Crippen molar-refractivity contribution < 1.29 is 14.3 Å². The van der Waals surface area contributed by atoms with Crippen molar-refractivity contribution in [1.82, 2.24) is 16.0 Å². The Bertz CT molecular complexity index is 765. The fraction of sp³-hybridized carbons (Fsp3) is 0.300. The first-order valence-electron chi connectivity index (χ1n) is 8.69. The van der Waals surface area contributed by atoms with Crippen molar-refractivity contribution >= 4 is 27.9 Å². The average Bonchev–Trinajstić information content (AvgIpc) is 2.65. The van der Waals surface area contributed by atoms with Gasteiger partial charge in [0, 0.05) is 29.2 Å². The molecule has 3 N–H and O–H groups in total. The second-order valence-corrected chi connectivity index (χ2v) is 7.04. The van der Waals surface area contributed by atoms with Gasteiger partial charge in [0.25, 0.3) is 5.91 Å². The van der Waals surface area contributed by atoms with Crippen molar-refractivity contribution in [2.75, 3.05) is 20.2 Å². The zero-order valence-electron chi connectivity index (χ0n) is 15.4. The molecule has 0 aliphatic carbocycles. The summed E-state index contributed by atoms with van der Waals surface area (Å²) in [4.78, 5) is 23.9.